The normalized spacial score (nSPS) is 10.7. The zero-order valence-electron chi connectivity index (χ0n) is 12.7. The van der Waals surface area contributed by atoms with E-state index < -0.39 is 0 Å². The molecule has 3 aromatic rings. The Bertz CT molecular complexity index is 775. The molecule has 0 fully saturated rings. The number of pyridine rings is 1. The fourth-order valence-corrected chi connectivity index (χ4v) is 3.07. The monoisotopic (exact) mass is 327 g/mol. The second-order valence-electron chi connectivity index (χ2n) is 4.94. The maximum Gasteiger partial charge on any atom is 0.168 e. The molecular formula is C17H17N3O2S. The van der Waals surface area contributed by atoms with E-state index in [0.717, 1.165) is 27.9 Å². The average molecular weight is 327 g/mol. The average Bonchev–Trinajstić information content (AvgIpc) is 2.95. The summed E-state index contributed by atoms with van der Waals surface area (Å²) in [5.41, 5.74) is 1.88. The first-order valence-corrected chi connectivity index (χ1v) is 8.16. The van der Waals surface area contributed by atoms with Crippen LogP contribution in [0.1, 0.15) is 11.3 Å². The minimum atomic E-state index is -0.00916. The highest BCUT2D eigenvalue weighted by atomic mass is 32.2. The van der Waals surface area contributed by atoms with Crippen molar-refractivity contribution in [2.24, 2.45) is 7.05 Å². The van der Waals surface area contributed by atoms with Crippen molar-refractivity contribution >= 4 is 11.8 Å². The van der Waals surface area contributed by atoms with Crippen LogP contribution < -0.4 is 4.74 Å². The van der Waals surface area contributed by atoms with Crippen LogP contribution in [0.5, 0.6) is 11.5 Å². The number of benzene rings is 1. The summed E-state index contributed by atoms with van der Waals surface area (Å²) in [6.07, 6.45) is 5.10. The van der Waals surface area contributed by atoms with E-state index >= 15 is 0 Å². The topological polar surface area (TPSA) is 60.2 Å². The summed E-state index contributed by atoms with van der Waals surface area (Å²) in [7, 11) is 1.90. The third-order valence-electron chi connectivity index (χ3n) is 3.40. The highest BCUT2D eigenvalue weighted by Gasteiger charge is 2.09. The number of thioether (sulfide) groups is 1. The summed E-state index contributed by atoms with van der Waals surface area (Å²) < 4.78 is 7.81. The maximum atomic E-state index is 9.23. The van der Waals surface area contributed by atoms with E-state index in [1.165, 1.54) is 0 Å². The molecule has 0 aliphatic carbocycles. The van der Waals surface area contributed by atoms with Crippen LogP contribution in [0.2, 0.25) is 0 Å². The minimum Gasteiger partial charge on any atom is -0.455 e. The number of hydrogen-bond donors (Lipinski definition) is 1. The Morgan fingerprint density at radius 2 is 2.04 bits per heavy atom. The van der Waals surface area contributed by atoms with Gasteiger partial charge in [0.15, 0.2) is 5.16 Å². The minimum absolute atomic E-state index is 0.00916. The first-order valence-electron chi connectivity index (χ1n) is 7.18. The number of aromatic nitrogens is 3. The molecule has 5 nitrogen and oxygen atoms in total. The van der Waals surface area contributed by atoms with Crippen LogP contribution in [0.3, 0.4) is 0 Å². The van der Waals surface area contributed by atoms with Gasteiger partial charge in [-0.3, -0.25) is 4.98 Å². The summed E-state index contributed by atoms with van der Waals surface area (Å²) in [5, 5.41) is 10.1. The lowest BCUT2D eigenvalue weighted by Gasteiger charge is -2.10. The van der Waals surface area contributed by atoms with Crippen molar-refractivity contribution in [3.8, 4) is 11.5 Å². The predicted molar refractivity (Wildman–Crippen MR) is 89.4 cm³/mol. The van der Waals surface area contributed by atoms with Crippen LogP contribution in [0.25, 0.3) is 0 Å². The Hall–Kier alpha value is -2.31. The summed E-state index contributed by atoms with van der Waals surface area (Å²) in [6, 6.07) is 11.6. The molecule has 0 spiro atoms. The molecule has 0 unspecified atom stereocenters. The largest absolute Gasteiger partial charge is 0.455 e. The van der Waals surface area contributed by atoms with Crippen LogP contribution in [-0.2, 0) is 19.4 Å². The Morgan fingerprint density at radius 3 is 2.78 bits per heavy atom. The van der Waals surface area contributed by atoms with Crippen molar-refractivity contribution in [3.63, 3.8) is 0 Å². The quantitative estimate of drug-likeness (QED) is 0.703. The molecule has 1 N–H and O–H groups in total. The second-order valence-corrected chi connectivity index (χ2v) is 5.88. The fourth-order valence-electron chi connectivity index (χ4n) is 2.11. The van der Waals surface area contributed by atoms with Crippen LogP contribution in [0.4, 0.5) is 0 Å². The summed E-state index contributed by atoms with van der Waals surface area (Å²) in [4.78, 5) is 8.39. The molecule has 0 radical (unpaired) electrons. The van der Waals surface area contributed by atoms with Crippen LogP contribution in [0.15, 0.2) is 60.1 Å². The van der Waals surface area contributed by atoms with E-state index in [2.05, 4.69) is 9.97 Å². The van der Waals surface area contributed by atoms with Gasteiger partial charge in [-0.15, -0.1) is 0 Å². The van der Waals surface area contributed by atoms with Gasteiger partial charge in [-0.1, -0.05) is 30.0 Å². The van der Waals surface area contributed by atoms with E-state index in [1.807, 2.05) is 48.0 Å². The predicted octanol–water partition coefficient (Wildman–Crippen LogP) is 3.39. The van der Waals surface area contributed by atoms with Crippen molar-refractivity contribution in [1.29, 1.82) is 0 Å². The number of nitrogens with zero attached hydrogens (tertiary/aromatic N) is 3. The van der Waals surface area contributed by atoms with Crippen LogP contribution in [-0.4, -0.2) is 19.6 Å². The molecule has 0 amide bonds. The van der Waals surface area contributed by atoms with E-state index in [4.69, 9.17) is 4.74 Å². The molecule has 0 saturated carbocycles. The lowest BCUT2D eigenvalue weighted by molar-refractivity contribution is 0.271. The fraction of sp³-hybridized carbons (Fsp3) is 0.176. The molecule has 0 atom stereocenters. The lowest BCUT2D eigenvalue weighted by atomic mass is 10.2. The van der Waals surface area contributed by atoms with Crippen LogP contribution >= 0.6 is 11.8 Å². The third kappa shape index (κ3) is 3.72. The molecule has 6 heteroatoms. The SMILES string of the molecule is Cn1c(CO)cnc1SCc1ccccc1Oc1cccnc1. The highest BCUT2D eigenvalue weighted by Crippen LogP contribution is 2.30. The van der Waals surface area contributed by atoms with Gasteiger partial charge >= 0.3 is 0 Å². The highest BCUT2D eigenvalue weighted by molar-refractivity contribution is 7.98. The van der Waals surface area contributed by atoms with Gasteiger partial charge in [-0.05, 0) is 18.2 Å². The molecule has 0 aliphatic heterocycles. The number of ether oxygens (including phenoxy) is 1. The molecule has 23 heavy (non-hydrogen) atoms. The Labute approximate surface area is 139 Å². The molecular weight excluding hydrogens is 310 g/mol. The lowest BCUT2D eigenvalue weighted by Crippen LogP contribution is -1.98. The zero-order valence-corrected chi connectivity index (χ0v) is 13.5. The van der Waals surface area contributed by atoms with Gasteiger partial charge in [-0.2, -0.15) is 0 Å². The summed E-state index contributed by atoms with van der Waals surface area (Å²) in [5.74, 6) is 2.25. The van der Waals surface area contributed by atoms with E-state index in [9.17, 15) is 5.11 Å². The maximum absolute atomic E-state index is 9.23. The van der Waals surface area contributed by atoms with Gasteiger partial charge in [0.25, 0.3) is 0 Å². The standard InChI is InChI=1S/C17H17N3O2S/c1-20-14(11-21)9-19-17(20)23-12-13-5-2-3-7-16(13)22-15-6-4-8-18-10-15/h2-10,21H,11-12H2,1H3. The number of aliphatic hydroxyl groups excluding tert-OH is 1. The first kappa shape index (κ1) is 15.6. The molecule has 0 aliphatic rings. The van der Waals surface area contributed by atoms with E-state index in [0.29, 0.717) is 5.75 Å². The molecule has 1 aromatic carbocycles. The molecule has 118 valence electrons. The van der Waals surface area contributed by atoms with E-state index in [1.54, 1.807) is 30.4 Å². The van der Waals surface area contributed by atoms with E-state index in [-0.39, 0.29) is 6.61 Å². The van der Waals surface area contributed by atoms with Gasteiger partial charge in [0, 0.05) is 24.6 Å². The smallest absolute Gasteiger partial charge is 0.168 e. The van der Waals surface area contributed by atoms with Gasteiger partial charge in [0.05, 0.1) is 24.7 Å². The van der Waals surface area contributed by atoms with Crippen molar-refractivity contribution < 1.29 is 9.84 Å². The summed E-state index contributed by atoms with van der Waals surface area (Å²) >= 11 is 1.61. The van der Waals surface area contributed by atoms with Crippen molar-refractivity contribution in [1.82, 2.24) is 14.5 Å². The second kappa shape index (κ2) is 7.30. The number of rotatable bonds is 6. The first-order chi connectivity index (χ1) is 11.3. The van der Waals surface area contributed by atoms with Gasteiger partial charge in [0.2, 0.25) is 0 Å². The van der Waals surface area contributed by atoms with Gasteiger partial charge in [0.1, 0.15) is 11.5 Å². The molecule has 0 saturated heterocycles. The number of imidazole rings is 1. The van der Waals surface area contributed by atoms with Gasteiger partial charge in [-0.25, -0.2) is 4.98 Å². The number of hydrogen-bond acceptors (Lipinski definition) is 5. The number of para-hydroxylation sites is 1. The number of aliphatic hydroxyl groups is 1. The summed E-state index contributed by atoms with van der Waals surface area (Å²) in [6.45, 7) is -0.00916. The van der Waals surface area contributed by atoms with Crippen molar-refractivity contribution in [3.05, 3.63) is 66.2 Å². The molecule has 2 heterocycles. The molecule has 2 aromatic heterocycles. The molecule has 3 rings (SSSR count). The molecule has 0 bridgehead atoms. The van der Waals surface area contributed by atoms with Gasteiger partial charge < -0.3 is 14.4 Å². The Kier molecular flexibility index (Phi) is 4.95. The van der Waals surface area contributed by atoms with Crippen LogP contribution in [0, 0.1) is 0 Å². The zero-order chi connectivity index (χ0) is 16.1. The Balaban J connectivity index is 1.74. The third-order valence-corrected chi connectivity index (χ3v) is 4.49. The Morgan fingerprint density at radius 1 is 1.17 bits per heavy atom. The van der Waals surface area contributed by atoms with Crippen molar-refractivity contribution in [2.75, 3.05) is 0 Å². The van der Waals surface area contributed by atoms with Crippen molar-refractivity contribution in [2.45, 2.75) is 17.5 Å².